The number of imidazole rings is 1. The summed E-state index contributed by atoms with van der Waals surface area (Å²) >= 11 is 0. The van der Waals surface area contributed by atoms with Crippen LogP contribution in [0.3, 0.4) is 0 Å². The van der Waals surface area contributed by atoms with E-state index in [1.165, 1.54) is 0 Å². The van der Waals surface area contributed by atoms with E-state index in [0.29, 0.717) is 0 Å². The SMILES string of the molecule is [N-]=[N+]=NCC#Cc1ccc2nc[nH]c2c1. The third kappa shape index (κ3) is 2.08. The first-order valence-electron chi connectivity index (χ1n) is 4.33. The van der Waals surface area contributed by atoms with Gasteiger partial charge >= 0.3 is 0 Å². The molecule has 0 radical (unpaired) electrons. The highest BCUT2D eigenvalue weighted by Gasteiger charge is 1.94. The lowest BCUT2D eigenvalue weighted by molar-refractivity contribution is 1.25. The molecular weight excluding hydrogens is 190 g/mol. The average Bonchev–Trinajstić information content (AvgIpc) is 2.71. The molecule has 2 aromatic rings. The van der Waals surface area contributed by atoms with Crippen LogP contribution in [-0.2, 0) is 0 Å². The molecule has 72 valence electrons. The molecule has 0 fully saturated rings. The van der Waals surface area contributed by atoms with Crippen molar-refractivity contribution in [1.82, 2.24) is 9.97 Å². The largest absolute Gasteiger partial charge is 0.345 e. The minimum atomic E-state index is 0.192. The van der Waals surface area contributed by atoms with Crippen LogP contribution >= 0.6 is 0 Å². The van der Waals surface area contributed by atoms with Gasteiger partial charge in [-0.25, -0.2) is 4.98 Å². The van der Waals surface area contributed by atoms with Crippen LogP contribution in [0.4, 0.5) is 0 Å². The summed E-state index contributed by atoms with van der Waals surface area (Å²) in [6.45, 7) is 0.192. The number of H-pyrrole nitrogens is 1. The lowest BCUT2D eigenvalue weighted by Crippen LogP contribution is -1.76. The van der Waals surface area contributed by atoms with Crippen molar-refractivity contribution < 1.29 is 0 Å². The second-order valence-electron chi connectivity index (χ2n) is 2.83. The molecule has 0 bridgehead atoms. The Morgan fingerprint density at radius 2 is 2.47 bits per heavy atom. The number of aromatic nitrogens is 2. The third-order valence-corrected chi connectivity index (χ3v) is 1.87. The highest BCUT2D eigenvalue weighted by atomic mass is 15.1. The van der Waals surface area contributed by atoms with Crippen molar-refractivity contribution in [3.63, 3.8) is 0 Å². The summed E-state index contributed by atoms with van der Waals surface area (Å²) in [5, 5.41) is 3.33. The van der Waals surface area contributed by atoms with Crippen molar-refractivity contribution in [2.24, 2.45) is 5.11 Å². The van der Waals surface area contributed by atoms with Crippen molar-refractivity contribution in [2.45, 2.75) is 0 Å². The predicted molar refractivity (Wildman–Crippen MR) is 57.0 cm³/mol. The summed E-state index contributed by atoms with van der Waals surface area (Å²) in [5.74, 6) is 5.65. The molecule has 0 aliphatic heterocycles. The highest BCUT2D eigenvalue weighted by molar-refractivity contribution is 5.76. The van der Waals surface area contributed by atoms with Crippen LogP contribution in [-0.4, -0.2) is 16.5 Å². The first kappa shape index (κ1) is 9.13. The Bertz CT molecular complexity index is 580. The van der Waals surface area contributed by atoms with Crippen LogP contribution in [0, 0.1) is 11.8 Å². The van der Waals surface area contributed by atoms with Gasteiger partial charge in [0.1, 0.15) is 0 Å². The minimum absolute atomic E-state index is 0.192. The van der Waals surface area contributed by atoms with E-state index in [9.17, 15) is 0 Å². The number of nitrogens with one attached hydrogen (secondary N) is 1. The lowest BCUT2D eigenvalue weighted by Gasteiger charge is -1.89. The van der Waals surface area contributed by atoms with Gasteiger partial charge in [0.2, 0.25) is 0 Å². The van der Waals surface area contributed by atoms with Crippen molar-refractivity contribution in [3.8, 4) is 11.8 Å². The van der Waals surface area contributed by atoms with E-state index in [1.54, 1.807) is 6.33 Å². The third-order valence-electron chi connectivity index (χ3n) is 1.87. The quantitative estimate of drug-likeness (QED) is 0.323. The summed E-state index contributed by atoms with van der Waals surface area (Å²) < 4.78 is 0. The maximum Gasteiger partial charge on any atom is 0.0931 e. The normalized spacial score (nSPS) is 9.07. The molecule has 0 spiro atoms. The molecule has 2 rings (SSSR count). The Morgan fingerprint density at radius 3 is 3.33 bits per heavy atom. The van der Waals surface area contributed by atoms with Gasteiger partial charge in [-0.05, 0) is 23.7 Å². The summed E-state index contributed by atoms with van der Waals surface area (Å²) in [5.41, 5.74) is 10.8. The Hall–Kier alpha value is -2.44. The monoisotopic (exact) mass is 197 g/mol. The van der Waals surface area contributed by atoms with E-state index in [1.807, 2.05) is 18.2 Å². The molecule has 0 aliphatic carbocycles. The minimum Gasteiger partial charge on any atom is -0.345 e. The standard InChI is InChI=1S/C10H7N5/c11-15-14-5-1-2-8-3-4-9-10(6-8)13-7-12-9/h3-4,6-7H,5H2,(H,12,13). The van der Waals surface area contributed by atoms with Crippen molar-refractivity contribution >= 4 is 11.0 Å². The van der Waals surface area contributed by atoms with Crippen LogP contribution in [0.2, 0.25) is 0 Å². The number of nitrogens with zero attached hydrogens (tertiary/aromatic N) is 4. The van der Waals surface area contributed by atoms with Gasteiger partial charge in [-0.1, -0.05) is 17.0 Å². The first-order chi connectivity index (χ1) is 7.40. The molecule has 1 aromatic carbocycles. The van der Waals surface area contributed by atoms with E-state index < -0.39 is 0 Å². The molecule has 5 nitrogen and oxygen atoms in total. The number of aromatic amines is 1. The first-order valence-corrected chi connectivity index (χ1v) is 4.33. The Morgan fingerprint density at radius 1 is 1.53 bits per heavy atom. The van der Waals surface area contributed by atoms with Gasteiger partial charge < -0.3 is 4.98 Å². The molecule has 0 saturated heterocycles. The molecule has 5 heteroatoms. The Kier molecular flexibility index (Phi) is 2.54. The smallest absolute Gasteiger partial charge is 0.0931 e. The zero-order valence-electron chi connectivity index (χ0n) is 7.81. The summed E-state index contributed by atoms with van der Waals surface area (Å²) in [7, 11) is 0. The van der Waals surface area contributed by atoms with Crippen molar-refractivity contribution in [2.75, 3.05) is 6.54 Å². The van der Waals surface area contributed by atoms with Crippen LogP contribution in [0.5, 0.6) is 0 Å². The maximum absolute atomic E-state index is 8.05. The van der Waals surface area contributed by atoms with E-state index in [-0.39, 0.29) is 6.54 Å². The molecule has 0 atom stereocenters. The number of hydrogen-bond donors (Lipinski definition) is 1. The van der Waals surface area contributed by atoms with E-state index in [2.05, 4.69) is 31.8 Å². The van der Waals surface area contributed by atoms with Gasteiger partial charge in [0.15, 0.2) is 0 Å². The Balaban J connectivity index is 2.26. The zero-order valence-corrected chi connectivity index (χ0v) is 7.81. The fourth-order valence-electron chi connectivity index (χ4n) is 1.22. The number of benzene rings is 1. The zero-order chi connectivity index (χ0) is 10.5. The van der Waals surface area contributed by atoms with Gasteiger partial charge in [0.05, 0.1) is 23.9 Å². The topological polar surface area (TPSA) is 77.4 Å². The maximum atomic E-state index is 8.05. The second-order valence-corrected chi connectivity index (χ2v) is 2.83. The lowest BCUT2D eigenvalue weighted by atomic mass is 10.2. The molecule has 1 aromatic heterocycles. The molecule has 0 saturated carbocycles. The molecular formula is C10H7N5. The fraction of sp³-hybridized carbons (Fsp3) is 0.100. The van der Waals surface area contributed by atoms with Gasteiger partial charge in [0, 0.05) is 10.5 Å². The number of rotatable bonds is 1. The van der Waals surface area contributed by atoms with E-state index >= 15 is 0 Å². The van der Waals surface area contributed by atoms with Crippen LogP contribution in [0.1, 0.15) is 5.56 Å². The number of azide groups is 1. The van der Waals surface area contributed by atoms with Crippen LogP contribution in [0.15, 0.2) is 29.6 Å². The second kappa shape index (κ2) is 4.18. The van der Waals surface area contributed by atoms with Crippen LogP contribution < -0.4 is 0 Å². The highest BCUT2D eigenvalue weighted by Crippen LogP contribution is 2.10. The molecule has 15 heavy (non-hydrogen) atoms. The molecule has 0 amide bonds. The molecule has 1 heterocycles. The van der Waals surface area contributed by atoms with E-state index in [4.69, 9.17) is 5.53 Å². The Labute approximate surface area is 85.8 Å². The van der Waals surface area contributed by atoms with E-state index in [0.717, 1.165) is 16.6 Å². The van der Waals surface area contributed by atoms with Gasteiger partial charge in [-0.2, -0.15) is 0 Å². The van der Waals surface area contributed by atoms with Crippen LogP contribution in [0.25, 0.3) is 21.5 Å². The summed E-state index contributed by atoms with van der Waals surface area (Å²) in [6, 6.07) is 5.68. The molecule has 1 N–H and O–H groups in total. The van der Waals surface area contributed by atoms with Gasteiger partial charge in [-0.15, -0.1) is 0 Å². The fourth-order valence-corrected chi connectivity index (χ4v) is 1.22. The molecule has 0 unspecified atom stereocenters. The average molecular weight is 197 g/mol. The number of fused-ring (bicyclic) bond motifs is 1. The van der Waals surface area contributed by atoms with Crippen molar-refractivity contribution in [1.29, 1.82) is 0 Å². The van der Waals surface area contributed by atoms with Gasteiger partial charge in [-0.3, -0.25) is 0 Å². The predicted octanol–water partition coefficient (Wildman–Crippen LogP) is 2.22. The number of hydrogen-bond acceptors (Lipinski definition) is 2. The summed E-state index contributed by atoms with van der Waals surface area (Å²) in [4.78, 5) is 9.71. The summed E-state index contributed by atoms with van der Waals surface area (Å²) in [6.07, 6.45) is 1.64. The molecule has 0 aliphatic rings. The van der Waals surface area contributed by atoms with Crippen molar-refractivity contribution in [3.05, 3.63) is 40.5 Å². The van der Waals surface area contributed by atoms with Gasteiger partial charge in [0.25, 0.3) is 0 Å².